The summed E-state index contributed by atoms with van der Waals surface area (Å²) in [6, 6.07) is 15.2. The van der Waals surface area contributed by atoms with E-state index in [1.165, 1.54) is 28.2 Å². The molecule has 0 unspecified atom stereocenters. The highest BCUT2D eigenvalue weighted by molar-refractivity contribution is 7.17. The highest BCUT2D eigenvalue weighted by Crippen LogP contribution is 2.49. The minimum absolute atomic E-state index is 0.0946. The molecule has 2 aromatic carbocycles. The zero-order chi connectivity index (χ0) is 25.8. The minimum atomic E-state index is -1.75. The Morgan fingerprint density at radius 2 is 1.56 bits per heavy atom. The SMILES string of the molecule is Cc1ccc(-c2nc3c(s2)C(=O)N(c2ccc4c(c2)CCN4[Si](C(C)C)(C(C)C)C(C)C)CC3)cc1. The van der Waals surface area contributed by atoms with Gasteiger partial charge in [-0.2, -0.15) is 0 Å². The highest BCUT2D eigenvalue weighted by Gasteiger charge is 2.50. The van der Waals surface area contributed by atoms with Gasteiger partial charge in [0.2, 0.25) is 0 Å². The molecule has 0 saturated heterocycles. The topological polar surface area (TPSA) is 36.4 Å². The van der Waals surface area contributed by atoms with Gasteiger partial charge in [-0.1, -0.05) is 71.4 Å². The number of anilines is 2. The van der Waals surface area contributed by atoms with Crippen LogP contribution >= 0.6 is 11.3 Å². The van der Waals surface area contributed by atoms with Crippen molar-refractivity contribution < 1.29 is 4.79 Å². The van der Waals surface area contributed by atoms with E-state index in [-0.39, 0.29) is 5.91 Å². The third-order valence-corrected chi connectivity index (χ3v) is 16.6. The molecule has 0 fully saturated rings. The lowest BCUT2D eigenvalue weighted by molar-refractivity contribution is 0.0984. The molecule has 3 heterocycles. The molecule has 1 aromatic heterocycles. The van der Waals surface area contributed by atoms with Gasteiger partial charge in [0.25, 0.3) is 5.91 Å². The van der Waals surface area contributed by atoms with E-state index in [9.17, 15) is 4.79 Å². The predicted molar refractivity (Wildman–Crippen MR) is 156 cm³/mol. The molecule has 0 atom stereocenters. The molecule has 190 valence electrons. The van der Waals surface area contributed by atoms with Crippen molar-refractivity contribution in [2.45, 2.75) is 77.9 Å². The fourth-order valence-electron chi connectivity index (χ4n) is 7.09. The van der Waals surface area contributed by atoms with Gasteiger partial charge in [-0.3, -0.25) is 4.79 Å². The maximum atomic E-state index is 13.6. The lowest BCUT2D eigenvalue weighted by Gasteiger charge is -2.51. The number of nitrogens with zero attached hydrogens (tertiary/aromatic N) is 3. The molecule has 5 rings (SSSR count). The van der Waals surface area contributed by atoms with Gasteiger partial charge >= 0.3 is 0 Å². The van der Waals surface area contributed by atoms with Crippen LogP contribution in [0.4, 0.5) is 11.4 Å². The largest absolute Gasteiger partial charge is 0.396 e. The third kappa shape index (κ3) is 3.93. The third-order valence-electron chi connectivity index (χ3n) is 8.52. The molecule has 1 amide bonds. The smallest absolute Gasteiger partial charge is 0.270 e. The van der Waals surface area contributed by atoms with Gasteiger partial charge in [-0.15, -0.1) is 11.3 Å². The lowest BCUT2D eigenvalue weighted by atomic mass is 10.1. The molecule has 0 aliphatic carbocycles. The van der Waals surface area contributed by atoms with E-state index in [0.717, 1.165) is 46.2 Å². The summed E-state index contributed by atoms with van der Waals surface area (Å²) in [7, 11) is -1.75. The monoisotopic (exact) mass is 517 g/mol. The highest BCUT2D eigenvalue weighted by atomic mass is 32.1. The van der Waals surface area contributed by atoms with Crippen LogP contribution in [0.3, 0.4) is 0 Å². The summed E-state index contributed by atoms with van der Waals surface area (Å²) in [4.78, 5) is 21.2. The first kappa shape index (κ1) is 25.2. The van der Waals surface area contributed by atoms with Gasteiger partial charge in [-0.05, 0) is 53.7 Å². The summed E-state index contributed by atoms with van der Waals surface area (Å²) in [5.41, 5.74) is 9.14. The minimum Gasteiger partial charge on any atom is -0.396 e. The Labute approximate surface area is 221 Å². The molecule has 0 spiro atoms. The number of carbonyl (C=O) groups excluding carboxylic acids is 1. The molecule has 0 N–H and O–H groups in total. The van der Waals surface area contributed by atoms with Crippen LogP contribution in [0.5, 0.6) is 0 Å². The van der Waals surface area contributed by atoms with Crippen LogP contribution < -0.4 is 9.47 Å². The first-order valence-corrected chi connectivity index (χ1v) is 16.4. The van der Waals surface area contributed by atoms with Crippen LogP contribution in [0.1, 0.15) is 68.0 Å². The van der Waals surface area contributed by atoms with Crippen molar-refractivity contribution in [3.63, 3.8) is 0 Å². The van der Waals surface area contributed by atoms with Crippen molar-refractivity contribution in [2.24, 2.45) is 0 Å². The number of fused-ring (bicyclic) bond motifs is 2. The lowest BCUT2D eigenvalue weighted by Crippen LogP contribution is -2.60. The molecule has 0 radical (unpaired) electrons. The Balaban J connectivity index is 1.44. The number of rotatable bonds is 6. The fraction of sp³-hybridized carbons (Fsp3) is 0.467. The van der Waals surface area contributed by atoms with Crippen LogP contribution in [-0.2, 0) is 12.8 Å². The second-order valence-electron chi connectivity index (χ2n) is 11.4. The van der Waals surface area contributed by atoms with Crippen molar-refractivity contribution in [3.8, 4) is 10.6 Å². The normalized spacial score (nSPS) is 15.9. The van der Waals surface area contributed by atoms with Gasteiger partial charge < -0.3 is 9.47 Å². The zero-order valence-corrected chi connectivity index (χ0v) is 24.6. The summed E-state index contributed by atoms with van der Waals surface area (Å²) >= 11 is 1.53. The summed E-state index contributed by atoms with van der Waals surface area (Å²) in [6.07, 6.45) is 1.87. The van der Waals surface area contributed by atoms with Gasteiger partial charge in [0, 0.05) is 36.4 Å². The van der Waals surface area contributed by atoms with Crippen molar-refractivity contribution in [1.82, 2.24) is 4.98 Å². The van der Waals surface area contributed by atoms with E-state index in [2.05, 4.69) is 95.5 Å². The number of amides is 1. The van der Waals surface area contributed by atoms with Crippen molar-refractivity contribution in [2.75, 3.05) is 22.6 Å². The Kier molecular flexibility index (Phi) is 6.62. The number of hydrogen-bond acceptors (Lipinski definition) is 4. The van der Waals surface area contributed by atoms with Crippen LogP contribution in [0, 0.1) is 6.92 Å². The summed E-state index contributed by atoms with van der Waals surface area (Å²) < 4.78 is 2.82. The number of hydrogen-bond donors (Lipinski definition) is 0. The van der Waals surface area contributed by atoms with Crippen molar-refractivity contribution in [3.05, 3.63) is 64.2 Å². The van der Waals surface area contributed by atoms with E-state index < -0.39 is 8.24 Å². The molecule has 2 aliphatic rings. The van der Waals surface area contributed by atoms with E-state index in [4.69, 9.17) is 4.98 Å². The summed E-state index contributed by atoms with van der Waals surface area (Å²) in [5.74, 6) is 0.0946. The second kappa shape index (κ2) is 9.46. The Hall–Kier alpha value is -2.44. The quantitative estimate of drug-likeness (QED) is 0.312. The molecule has 0 bridgehead atoms. The Morgan fingerprint density at radius 3 is 2.19 bits per heavy atom. The zero-order valence-electron chi connectivity index (χ0n) is 22.8. The number of aryl methyl sites for hydroxylation is 1. The Morgan fingerprint density at radius 1 is 0.889 bits per heavy atom. The molecule has 4 nitrogen and oxygen atoms in total. The standard InChI is InChI=1S/C30H39N3OSSi/c1-19(2)36(20(3)4,21(5)6)33-17-14-24-18-25(12-13-27(24)33)32-16-15-26-28(30(32)34)35-29(31-26)23-10-8-22(7)9-11-23/h8-13,18-21H,14-17H2,1-7H3. The van der Waals surface area contributed by atoms with Crippen molar-refractivity contribution >= 4 is 36.9 Å². The van der Waals surface area contributed by atoms with E-state index >= 15 is 0 Å². The number of aromatic nitrogens is 1. The molecule has 0 saturated carbocycles. The average Bonchev–Trinajstić information content (AvgIpc) is 3.45. The molecule has 36 heavy (non-hydrogen) atoms. The molecule has 6 heteroatoms. The number of carbonyl (C=O) groups is 1. The maximum absolute atomic E-state index is 13.6. The summed E-state index contributed by atoms with van der Waals surface area (Å²) in [5, 5.41) is 0.942. The molecule has 2 aliphatic heterocycles. The van der Waals surface area contributed by atoms with Crippen LogP contribution in [0.2, 0.25) is 16.6 Å². The molecular weight excluding hydrogens is 479 g/mol. The van der Waals surface area contributed by atoms with Gasteiger partial charge in [0.1, 0.15) is 9.88 Å². The maximum Gasteiger partial charge on any atom is 0.270 e. The van der Waals surface area contributed by atoms with Gasteiger partial charge in [-0.25, -0.2) is 4.98 Å². The van der Waals surface area contributed by atoms with E-state index in [1.54, 1.807) is 0 Å². The van der Waals surface area contributed by atoms with Crippen molar-refractivity contribution in [1.29, 1.82) is 0 Å². The first-order chi connectivity index (χ1) is 17.1. The fourth-order valence-corrected chi connectivity index (χ4v) is 15.2. The van der Waals surface area contributed by atoms with Crippen LogP contribution in [0.15, 0.2) is 42.5 Å². The van der Waals surface area contributed by atoms with E-state index in [0.29, 0.717) is 23.2 Å². The number of benzene rings is 2. The van der Waals surface area contributed by atoms with Gasteiger partial charge in [0.05, 0.1) is 5.69 Å². The molecule has 3 aromatic rings. The van der Waals surface area contributed by atoms with Gasteiger partial charge in [0.15, 0.2) is 8.24 Å². The second-order valence-corrected chi connectivity index (χ2v) is 18.2. The predicted octanol–water partition coefficient (Wildman–Crippen LogP) is 7.86. The van der Waals surface area contributed by atoms with Crippen LogP contribution in [0.25, 0.3) is 10.6 Å². The summed E-state index contributed by atoms with van der Waals surface area (Å²) in [6.45, 7) is 18.5. The molecular formula is C30H39N3OSSi. The first-order valence-electron chi connectivity index (χ1n) is 13.4. The number of thiazole rings is 1. The Bertz CT molecular complexity index is 1260. The average molecular weight is 518 g/mol. The van der Waals surface area contributed by atoms with Crippen LogP contribution in [-0.4, -0.2) is 32.2 Å². The van der Waals surface area contributed by atoms with E-state index in [1.807, 2.05) is 4.90 Å².